The van der Waals surface area contributed by atoms with Crippen molar-refractivity contribution in [2.75, 3.05) is 6.54 Å². The lowest BCUT2D eigenvalue weighted by Gasteiger charge is -2.35. The number of carboxylic acids is 1. The number of H-pyrrole nitrogens is 1. The maximum absolute atomic E-state index is 12.7. The van der Waals surface area contributed by atoms with Crippen LogP contribution >= 0.6 is 0 Å². The van der Waals surface area contributed by atoms with Gasteiger partial charge in [-0.1, -0.05) is 6.08 Å². The minimum atomic E-state index is -1.08. The fourth-order valence-electron chi connectivity index (χ4n) is 3.04. The van der Waals surface area contributed by atoms with Crippen LogP contribution in [0.5, 0.6) is 0 Å². The number of nitrogens with zero attached hydrogens (tertiary/aromatic N) is 1. The van der Waals surface area contributed by atoms with E-state index in [9.17, 15) is 9.59 Å². The second-order valence-electron chi connectivity index (χ2n) is 5.55. The zero-order valence-electron chi connectivity index (χ0n) is 12.2. The minimum absolute atomic E-state index is 0.0373. The maximum atomic E-state index is 12.7. The Kier molecular flexibility index (Phi) is 3.75. The van der Waals surface area contributed by atoms with Gasteiger partial charge in [-0.15, -0.1) is 6.58 Å². The third-order valence-electron chi connectivity index (χ3n) is 4.14. The van der Waals surface area contributed by atoms with Gasteiger partial charge in [0.05, 0.1) is 5.52 Å². The normalized spacial score (nSPS) is 18.5. The predicted octanol–water partition coefficient (Wildman–Crippen LogP) is 3.03. The molecule has 1 unspecified atom stereocenters. The van der Waals surface area contributed by atoms with Gasteiger partial charge >= 0.3 is 5.97 Å². The molecular formula is C16H18N2O4. The van der Waals surface area contributed by atoms with Crippen molar-refractivity contribution in [3.8, 4) is 0 Å². The molecule has 3 rings (SSSR count). The molecule has 6 nitrogen and oxygen atoms in total. The quantitative estimate of drug-likeness (QED) is 0.850. The van der Waals surface area contributed by atoms with E-state index in [1.807, 2.05) is 11.0 Å². The van der Waals surface area contributed by atoms with E-state index in [0.717, 1.165) is 25.7 Å². The largest absolute Gasteiger partial charge is 0.477 e. The number of carbonyl (C=O) groups excluding carboxylic acids is 1. The fourth-order valence-corrected chi connectivity index (χ4v) is 3.04. The zero-order chi connectivity index (χ0) is 15.7. The standard InChI is InChI=1S/C16H18N2O4/c1-2-5-10-6-3-4-7-18(10)15(19)12-8-13-14(17-12)11(9-22-13)16(20)21/h2,8-10,17H,1,3-7H2,(H,20,21). The minimum Gasteiger partial charge on any atom is -0.477 e. The number of carbonyl (C=O) groups is 2. The number of rotatable bonds is 4. The monoisotopic (exact) mass is 302 g/mol. The Morgan fingerprint density at radius 1 is 1.50 bits per heavy atom. The number of carboxylic acid groups (broad SMARTS) is 1. The van der Waals surface area contributed by atoms with Crippen LogP contribution < -0.4 is 0 Å². The molecule has 1 fully saturated rings. The van der Waals surface area contributed by atoms with Crippen molar-refractivity contribution in [1.29, 1.82) is 0 Å². The lowest BCUT2D eigenvalue weighted by Crippen LogP contribution is -2.43. The molecule has 0 spiro atoms. The van der Waals surface area contributed by atoms with Gasteiger partial charge in [-0.05, 0) is 25.7 Å². The van der Waals surface area contributed by atoms with Gasteiger partial charge in [-0.2, -0.15) is 0 Å². The number of fused-ring (bicyclic) bond motifs is 1. The SMILES string of the molecule is C=CCC1CCCCN1C(=O)c1cc2occ(C(=O)O)c2[nH]1. The number of hydrogen-bond acceptors (Lipinski definition) is 3. The van der Waals surface area contributed by atoms with Crippen LogP contribution in [0, 0.1) is 0 Å². The zero-order valence-corrected chi connectivity index (χ0v) is 12.2. The van der Waals surface area contributed by atoms with E-state index in [1.54, 1.807) is 6.07 Å². The summed E-state index contributed by atoms with van der Waals surface area (Å²) < 4.78 is 5.20. The summed E-state index contributed by atoms with van der Waals surface area (Å²) >= 11 is 0. The van der Waals surface area contributed by atoms with Crippen LogP contribution in [-0.4, -0.2) is 39.5 Å². The van der Waals surface area contributed by atoms with Gasteiger partial charge in [0.15, 0.2) is 5.58 Å². The second kappa shape index (κ2) is 5.71. The molecule has 0 radical (unpaired) electrons. The molecular weight excluding hydrogens is 284 g/mol. The number of piperidine rings is 1. The van der Waals surface area contributed by atoms with Crippen molar-refractivity contribution in [2.24, 2.45) is 0 Å². The van der Waals surface area contributed by atoms with E-state index in [4.69, 9.17) is 9.52 Å². The summed E-state index contributed by atoms with van der Waals surface area (Å²) in [5, 5.41) is 9.09. The third-order valence-corrected chi connectivity index (χ3v) is 4.14. The van der Waals surface area contributed by atoms with Crippen LogP contribution in [0.15, 0.2) is 29.4 Å². The first-order chi connectivity index (χ1) is 10.6. The number of hydrogen-bond donors (Lipinski definition) is 2. The first kappa shape index (κ1) is 14.4. The molecule has 1 saturated heterocycles. The number of aromatic nitrogens is 1. The molecule has 22 heavy (non-hydrogen) atoms. The summed E-state index contributed by atoms with van der Waals surface area (Å²) in [5.41, 5.74) is 1.15. The average molecular weight is 302 g/mol. The molecule has 6 heteroatoms. The van der Waals surface area contributed by atoms with Gasteiger partial charge in [-0.3, -0.25) is 4.79 Å². The summed E-state index contributed by atoms with van der Waals surface area (Å²) in [5.74, 6) is -1.20. The molecule has 0 aromatic carbocycles. The molecule has 2 aromatic rings. The molecule has 1 aliphatic heterocycles. The van der Waals surface area contributed by atoms with E-state index in [-0.39, 0.29) is 17.5 Å². The van der Waals surface area contributed by atoms with Crippen molar-refractivity contribution in [3.05, 3.63) is 36.2 Å². The van der Waals surface area contributed by atoms with Crippen LogP contribution in [-0.2, 0) is 0 Å². The molecule has 1 atom stereocenters. The lowest BCUT2D eigenvalue weighted by molar-refractivity contribution is 0.0610. The van der Waals surface area contributed by atoms with E-state index < -0.39 is 5.97 Å². The predicted molar refractivity (Wildman–Crippen MR) is 81.0 cm³/mol. The van der Waals surface area contributed by atoms with Crippen LogP contribution in [0.25, 0.3) is 11.1 Å². The van der Waals surface area contributed by atoms with Crippen LogP contribution in [0.3, 0.4) is 0 Å². The fraction of sp³-hybridized carbons (Fsp3) is 0.375. The first-order valence-corrected chi connectivity index (χ1v) is 7.37. The number of nitrogens with one attached hydrogen (secondary N) is 1. The van der Waals surface area contributed by atoms with Crippen LogP contribution in [0.1, 0.15) is 46.5 Å². The number of furan rings is 1. The molecule has 0 saturated carbocycles. The smallest absolute Gasteiger partial charge is 0.341 e. The Hall–Kier alpha value is -2.50. The topological polar surface area (TPSA) is 86.5 Å². The number of amides is 1. The highest BCUT2D eigenvalue weighted by Gasteiger charge is 2.28. The summed E-state index contributed by atoms with van der Waals surface area (Å²) in [6.45, 7) is 4.46. The van der Waals surface area contributed by atoms with Crippen molar-refractivity contribution in [3.63, 3.8) is 0 Å². The van der Waals surface area contributed by atoms with Crippen LogP contribution in [0.4, 0.5) is 0 Å². The Balaban J connectivity index is 1.90. The molecule has 1 aliphatic rings. The summed E-state index contributed by atoms with van der Waals surface area (Å²) in [6, 6.07) is 1.73. The van der Waals surface area contributed by atoms with Crippen molar-refractivity contribution < 1.29 is 19.1 Å². The summed E-state index contributed by atoms with van der Waals surface area (Å²) in [4.78, 5) is 28.5. The molecule has 3 heterocycles. The van der Waals surface area contributed by atoms with Crippen molar-refractivity contribution in [1.82, 2.24) is 9.88 Å². The summed E-state index contributed by atoms with van der Waals surface area (Å²) in [6.07, 6.45) is 6.84. The number of aromatic amines is 1. The van der Waals surface area contributed by atoms with Crippen molar-refractivity contribution >= 4 is 23.0 Å². The van der Waals surface area contributed by atoms with Crippen LogP contribution in [0.2, 0.25) is 0 Å². The molecule has 0 aliphatic carbocycles. The Morgan fingerprint density at radius 3 is 3.05 bits per heavy atom. The Labute approximate surface area is 127 Å². The van der Waals surface area contributed by atoms with Gasteiger partial charge in [-0.25, -0.2) is 4.79 Å². The van der Waals surface area contributed by atoms with Gasteiger partial charge in [0.25, 0.3) is 5.91 Å². The molecule has 2 N–H and O–H groups in total. The average Bonchev–Trinajstić information content (AvgIpc) is 3.07. The molecule has 116 valence electrons. The van der Waals surface area contributed by atoms with Crippen molar-refractivity contribution in [2.45, 2.75) is 31.7 Å². The highest BCUT2D eigenvalue weighted by molar-refractivity contribution is 6.04. The van der Waals surface area contributed by atoms with E-state index in [0.29, 0.717) is 23.3 Å². The van der Waals surface area contributed by atoms with Gasteiger partial charge in [0, 0.05) is 18.7 Å². The molecule has 0 bridgehead atoms. The highest BCUT2D eigenvalue weighted by atomic mass is 16.4. The Bertz CT molecular complexity index is 728. The highest BCUT2D eigenvalue weighted by Crippen LogP contribution is 2.26. The lowest BCUT2D eigenvalue weighted by atomic mass is 9.99. The van der Waals surface area contributed by atoms with E-state index in [2.05, 4.69) is 11.6 Å². The third kappa shape index (κ3) is 2.41. The Morgan fingerprint density at radius 2 is 2.32 bits per heavy atom. The number of aromatic carboxylic acids is 1. The number of likely N-dealkylation sites (tertiary alicyclic amines) is 1. The first-order valence-electron chi connectivity index (χ1n) is 7.37. The maximum Gasteiger partial charge on any atom is 0.341 e. The molecule has 2 aromatic heterocycles. The van der Waals surface area contributed by atoms with Gasteiger partial charge in [0.2, 0.25) is 0 Å². The van der Waals surface area contributed by atoms with E-state index in [1.165, 1.54) is 6.26 Å². The van der Waals surface area contributed by atoms with E-state index >= 15 is 0 Å². The second-order valence-corrected chi connectivity index (χ2v) is 5.55. The summed E-state index contributed by atoms with van der Waals surface area (Å²) in [7, 11) is 0. The van der Waals surface area contributed by atoms with Gasteiger partial charge < -0.3 is 19.4 Å². The molecule has 1 amide bonds. The van der Waals surface area contributed by atoms with Gasteiger partial charge in [0.1, 0.15) is 17.5 Å².